The summed E-state index contributed by atoms with van der Waals surface area (Å²) in [5.74, 6) is 1.89. The van der Waals surface area contributed by atoms with E-state index in [1.807, 2.05) is 61.6 Å². The molecule has 6 nitrogen and oxygen atoms in total. The number of para-hydroxylation sites is 2. The third-order valence-electron chi connectivity index (χ3n) is 8.77. The molecule has 2 fully saturated rings. The molecule has 3 N–H and O–H groups in total. The molecule has 6 heteroatoms. The van der Waals surface area contributed by atoms with Crippen LogP contribution in [0.5, 0.6) is 11.5 Å². The summed E-state index contributed by atoms with van der Waals surface area (Å²) >= 11 is 0. The summed E-state index contributed by atoms with van der Waals surface area (Å²) in [6.07, 6.45) is 8.70. The van der Waals surface area contributed by atoms with Crippen LogP contribution in [0.2, 0.25) is 0 Å². The number of nitrogens with one attached hydrogen (secondary N) is 1. The minimum atomic E-state index is -1.04. The number of aliphatic hydroxyl groups excluding tert-OH is 1. The van der Waals surface area contributed by atoms with Crippen molar-refractivity contribution in [3.8, 4) is 11.5 Å². The van der Waals surface area contributed by atoms with Crippen LogP contribution < -0.4 is 10.1 Å². The molecular formula is C32H48N2O4. The summed E-state index contributed by atoms with van der Waals surface area (Å²) in [6, 6.07) is 17.8. The molecule has 0 aromatic heterocycles. The Labute approximate surface area is 229 Å². The van der Waals surface area contributed by atoms with Crippen LogP contribution in [0.25, 0.3) is 0 Å². The fourth-order valence-corrected chi connectivity index (χ4v) is 6.71. The number of benzene rings is 2. The van der Waals surface area contributed by atoms with Crippen molar-refractivity contribution in [2.75, 3.05) is 40.4 Å². The molecule has 38 heavy (non-hydrogen) atoms. The zero-order chi connectivity index (χ0) is 26.8. The van der Waals surface area contributed by atoms with Crippen LogP contribution in [-0.2, 0) is 10.3 Å². The van der Waals surface area contributed by atoms with Crippen molar-refractivity contribution in [2.24, 2.45) is 11.8 Å². The summed E-state index contributed by atoms with van der Waals surface area (Å²) in [5.41, 5.74) is -0.185. The predicted molar refractivity (Wildman–Crippen MR) is 153 cm³/mol. The fraction of sp³-hybridized carbons (Fsp3) is 0.625. The van der Waals surface area contributed by atoms with Crippen molar-refractivity contribution in [3.63, 3.8) is 0 Å². The van der Waals surface area contributed by atoms with Crippen LogP contribution in [-0.4, -0.2) is 67.7 Å². The van der Waals surface area contributed by atoms with Crippen molar-refractivity contribution in [1.82, 2.24) is 10.2 Å². The van der Waals surface area contributed by atoms with Gasteiger partial charge in [-0.15, -0.1) is 0 Å². The van der Waals surface area contributed by atoms with E-state index in [2.05, 4.69) is 10.2 Å². The second kappa shape index (κ2) is 14.4. The average molecular weight is 525 g/mol. The minimum absolute atomic E-state index is 0.0365. The van der Waals surface area contributed by atoms with Crippen molar-refractivity contribution in [3.05, 3.63) is 60.2 Å². The maximum absolute atomic E-state index is 12.6. The largest absolute Gasteiger partial charge is 0.457 e. The highest BCUT2D eigenvalue weighted by molar-refractivity contribution is 5.42. The molecule has 2 aromatic carbocycles. The Kier molecular flexibility index (Phi) is 11.0. The summed E-state index contributed by atoms with van der Waals surface area (Å²) in [7, 11) is 3.70. The first kappa shape index (κ1) is 29.0. The summed E-state index contributed by atoms with van der Waals surface area (Å²) < 4.78 is 11.7. The fourth-order valence-electron chi connectivity index (χ4n) is 6.71. The van der Waals surface area contributed by atoms with E-state index in [4.69, 9.17) is 9.47 Å². The van der Waals surface area contributed by atoms with E-state index in [0.29, 0.717) is 24.7 Å². The van der Waals surface area contributed by atoms with Crippen molar-refractivity contribution >= 4 is 0 Å². The molecule has 1 saturated heterocycles. The van der Waals surface area contributed by atoms with E-state index in [-0.39, 0.29) is 18.1 Å². The average Bonchev–Trinajstić information content (AvgIpc) is 3.50. The van der Waals surface area contributed by atoms with E-state index < -0.39 is 5.60 Å². The van der Waals surface area contributed by atoms with Crippen molar-refractivity contribution < 1.29 is 19.7 Å². The predicted octanol–water partition coefficient (Wildman–Crippen LogP) is 5.33. The normalized spacial score (nSPS) is 22.2. The number of piperidine rings is 1. The van der Waals surface area contributed by atoms with Gasteiger partial charge < -0.3 is 25.0 Å². The monoisotopic (exact) mass is 524 g/mol. The molecule has 4 atom stereocenters. The number of likely N-dealkylation sites (N-methyl/N-ethyl adjacent to an activating group) is 1. The number of hydrogen-bond acceptors (Lipinski definition) is 6. The Bertz CT molecular complexity index is 951. The van der Waals surface area contributed by atoms with Crippen LogP contribution in [0.15, 0.2) is 54.6 Å². The van der Waals surface area contributed by atoms with Gasteiger partial charge in [-0.2, -0.15) is 0 Å². The van der Waals surface area contributed by atoms with Crippen LogP contribution in [0.3, 0.4) is 0 Å². The van der Waals surface area contributed by atoms with Gasteiger partial charge >= 0.3 is 0 Å². The molecule has 210 valence electrons. The summed E-state index contributed by atoms with van der Waals surface area (Å²) in [5, 5.41) is 27.4. The number of likely N-dealkylation sites (tertiary alicyclic amines) is 1. The lowest BCUT2D eigenvalue weighted by molar-refractivity contribution is -0.0819. The molecule has 0 radical (unpaired) electrons. The Balaban J connectivity index is 1.61. The molecule has 4 rings (SSSR count). The van der Waals surface area contributed by atoms with Crippen LogP contribution >= 0.6 is 0 Å². The van der Waals surface area contributed by atoms with E-state index in [1.54, 1.807) is 7.11 Å². The summed E-state index contributed by atoms with van der Waals surface area (Å²) in [4.78, 5) is 2.45. The standard InChI is InChI=1S/C32H48N2O4/c1-33-23-29(31(35)25-13-6-7-14-25)34-21-12-15-26(24-34)32(36,20-10-11-22-37-2)28-18-8-9-19-30(28)38-27-16-4-3-5-17-27/h3-5,8-9,16-19,25-26,29,31,33,35-36H,6-7,10-15,20-24H2,1-2H3/t26?,29-,31+,32+/m1/s1. The van der Waals surface area contributed by atoms with Gasteiger partial charge in [-0.05, 0) is 82.7 Å². The molecule has 1 aliphatic heterocycles. The zero-order valence-electron chi connectivity index (χ0n) is 23.4. The molecule has 1 heterocycles. The van der Waals surface area contributed by atoms with Gasteiger partial charge in [0.05, 0.1) is 11.7 Å². The van der Waals surface area contributed by atoms with Gasteiger partial charge in [0.15, 0.2) is 0 Å². The number of aliphatic hydroxyl groups is 2. The molecule has 2 aliphatic rings. The lowest BCUT2D eigenvalue weighted by Gasteiger charge is -2.47. The van der Waals surface area contributed by atoms with Crippen molar-refractivity contribution in [1.29, 1.82) is 0 Å². The highest BCUT2D eigenvalue weighted by Gasteiger charge is 2.44. The van der Waals surface area contributed by atoms with E-state index >= 15 is 0 Å². The Hall–Kier alpha value is -1.96. The molecule has 2 aromatic rings. The molecule has 1 saturated carbocycles. The third-order valence-corrected chi connectivity index (χ3v) is 8.77. The molecule has 1 unspecified atom stereocenters. The van der Waals surface area contributed by atoms with Gasteiger partial charge in [0.25, 0.3) is 0 Å². The summed E-state index contributed by atoms with van der Waals surface area (Å²) in [6.45, 7) is 3.16. The topological polar surface area (TPSA) is 74.2 Å². The molecule has 0 spiro atoms. The van der Waals surface area contributed by atoms with Gasteiger partial charge in [-0.25, -0.2) is 0 Å². The number of methoxy groups -OCH3 is 1. The SMILES string of the molecule is CNC[C@H]([C@@H](O)C1CCCC1)N1CCCC([C@@](O)(CCCCOC)c2ccccc2Oc2ccccc2)C1. The van der Waals surface area contributed by atoms with Gasteiger partial charge in [0.2, 0.25) is 0 Å². The van der Waals surface area contributed by atoms with Crippen LogP contribution in [0, 0.1) is 11.8 Å². The number of nitrogens with zero attached hydrogens (tertiary/aromatic N) is 1. The lowest BCUT2D eigenvalue weighted by Crippen LogP contribution is -2.56. The number of unbranched alkanes of at least 4 members (excludes halogenated alkanes) is 1. The van der Waals surface area contributed by atoms with Gasteiger partial charge in [-0.1, -0.05) is 49.2 Å². The maximum atomic E-state index is 12.6. The Morgan fingerprint density at radius 3 is 2.47 bits per heavy atom. The van der Waals surface area contributed by atoms with E-state index in [9.17, 15) is 10.2 Å². The van der Waals surface area contributed by atoms with Crippen molar-refractivity contribution in [2.45, 2.75) is 75.5 Å². The van der Waals surface area contributed by atoms with E-state index in [0.717, 1.165) is 69.5 Å². The molecular weight excluding hydrogens is 476 g/mol. The van der Waals surface area contributed by atoms with Crippen LogP contribution in [0.4, 0.5) is 0 Å². The van der Waals surface area contributed by atoms with Gasteiger partial charge in [0, 0.05) is 44.3 Å². The first-order valence-electron chi connectivity index (χ1n) is 14.7. The highest BCUT2D eigenvalue weighted by Crippen LogP contribution is 2.45. The second-order valence-corrected chi connectivity index (χ2v) is 11.3. The second-order valence-electron chi connectivity index (χ2n) is 11.3. The Morgan fingerprint density at radius 1 is 1.00 bits per heavy atom. The minimum Gasteiger partial charge on any atom is -0.457 e. The number of hydrogen-bond donors (Lipinski definition) is 3. The first-order valence-corrected chi connectivity index (χ1v) is 14.7. The molecule has 0 amide bonds. The number of rotatable bonds is 14. The third kappa shape index (κ3) is 7.16. The van der Waals surface area contributed by atoms with E-state index in [1.165, 1.54) is 12.8 Å². The number of ether oxygens (including phenoxy) is 2. The molecule has 1 aliphatic carbocycles. The lowest BCUT2D eigenvalue weighted by atomic mass is 9.73. The quantitative estimate of drug-likeness (QED) is 0.290. The smallest absolute Gasteiger partial charge is 0.133 e. The molecule has 0 bridgehead atoms. The maximum Gasteiger partial charge on any atom is 0.133 e. The first-order chi connectivity index (χ1) is 18.6. The highest BCUT2D eigenvalue weighted by atomic mass is 16.5. The zero-order valence-corrected chi connectivity index (χ0v) is 23.4. The Morgan fingerprint density at radius 2 is 1.74 bits per heavy atom. The van der Waals surface area contributed by atoms with Gasteiger partial charge in [0.1, 0.15) is 11.5 Å². The van der Waals surface area contributed by atoms with Crippen LogP contribution in [0.1, 0.15) is 63.4 Å². The van der Waals surface area contributed by atoms with Gasteiger partial charge in [-0.3, -0.25) is 4.90 Å².